The van der Waals surface area contributed by atoms with Crippen molar-refractivity contribution in [2.24, 2.45) is 0 Å². The molecule has 1 aromatic heterocycles. The lowest BCUT2D eigenvalue weighted by Crippen LogP contribution is -3.14. The molecule has 0 spiro atoms. The number of oxazole rings is 1. The molecule has 31 heavy (non-hydrogen) atoms. The monoisotopic (exact) mass is 424 g/mol. The Morgan fingerprint density at radius 3 is 2.65 bits per heavy atom. The van der Waals surface area contributed by atoms with Crippen LogP contribution in [0, 0.1) is 6.92 Å². The fourth-order valence-corrected chi connectivity index (χ4v) is 4.09. The van der Waals surface area contributed by atoms with Gasteiger partial charge >= 0.3 is 5.76 Å². The van der Waals surface area contributed by atoms with Gasteiger partial charge in [0.25, 0.3) is 0 Å². The smallest absolute Gasteiger partial charge is 0.408 e. The van der Waals surface area contributed by atoms with E-state index in [1.165, 1.54) is 10.5 Å². The van der Waals surface area contributed by atoms with Gasteiger partial charge in [-0.05, 0) is 31.0 Å². The van der Waals surface area contributed by atoms with Crippen LogP contribution in [0.5, 0.6) is 0 Å². The van der Waals surface area contributed by atoms with E-state index in [1.807, 2.05) is 18.2 Å². The van der Waals surface area contributed by atoms with Crippen molar-refractivity contribution < 1.29 is 18.8 Å². The highest BCUT2D eigenvalue weighted by molar-refractivity contribution is 5.76. The molecule has 2 aromatic carbocycles. The molecule has 1 aliphatic heterocycles. The van der Waals surface area contributed by atoms with E-state index in [9.17, 15) is 9.59 Å². The topological polar surface area (TPSA) is 77.9 Å². The number of para-hydroxylation sites is 2. The lowest BCUT2D eigenvalue weighted by molar-refractivity contribution is -0.909. The zero-order valence-corrected chi connectivity index (χ0v) is 17.9. The van der Waals surface area contributed by atoms with E-state index in [0.29, 0.717) is 25.0 Å². The van der Waals surface area contributed by atoms with Crippen LogP contribution < -0.4 is 16.0 Å². The number of carbonyl (C=O) groups is 1. The summed E-state index contributed by atoms with van der Waals surface area (Å²) in [5.74, 6) is -0.380. The van der Waals surface area contributed by atoms with Crippen LogP contribution in [0.4, 0.5) is 0 Å². The van der Waals surface area contributed by atoms with Gasteiger partial charge < -0.3 is 19.4 Å². The summed E-state index contributed by atoms with van der Waals surface area (Å²) in [6.07, 6.45) is 0.924. The number of morpholine rings is 1. The van der Waals surface area contributed by atoms with Crippen molar-refractivity contribution in [1.29, 1.82) is 0 Å². The summed E-state index contributed by atoms with van der Waals surface area (Å²) in [6.45, 7) is 6.78. The second-order valence-electron chi connectivity index (χ2n) is 8.19. The largest absolute Gasteiger partial charge is 0.419 e. The van der Waals surface area contributed by atoms with E-state index < -0.39 is 0 Å². The average Bonchev–Trinajstić information content (AvgIpc) is 3.10. The lowest BCUT2D eigenvalue weighted by atomic mass is 10.0. The molecule has 7 heteroatoms. The fourth-order valence-electron chi connectivity index (χ4n) is 4.09. The first-order valence-corrected chi connectivity index (χ1v) is 11.0. The fraction of sp³-hybridized carbons (Fsp3) is 0.417. The first-order valence-electron chi connectivity index (χ1n) is 11.0. The Hall–Kier alpha value is -2.90. The highest BCUT2D eigenvalue weighted by Crippen LogP contribution is 2.15. The summed E-state index contributed by atoms with van der Waals surface area (Å²) in [5.41, 5.74) is 3.66. The molecule has 0 bridgehead atoms. The molecule has 0 radical (unpaired) electrons. The number of fused-ring (bicyclic) bond motifs is 1. The normalized spacial score (nSPS) is 15.8. The molecule has 1 saturated heterocycles. The third-order valence-electron chi connectivity index (χ3n) is 5.87. The summed E-state index contributed by atoms with van der Waals surface area (Å²) in [7, 11) is 0. The quantitative estimate of drug-likeness (QED) is 0.574. The predicted octanol–water partition coefficient (Wildman–Crippen LogP) is 1.46. The standard InChI is InChI=1S/C24H29N3O4/c1-18-8-10-19(11-9-18)20(17-26-13-15-30-16-14-26)25-23(28)7-4-12-27-21-5-2-3-6-22(21)31-24(27)29/h2-3,5-6,8-11,20H,4,7,12-17H2,1H3,(H,25,28)/p+1/t20-/m0/s1. The molecule has 1 atom stereocenters. The molecular formula is C24H30N3O4+. The highest BCUT2D eigenvalue weighted by Gasteiger charge is 2.23. The minimum absolute atomic E-state index is 0.000848. The van der Waals surface area contributed by atoms with Crippen LogP contribution >= 0.6 is 0 Å². The Labute approximate surface area is 181 Å². The Kier molecular flexibility index (Phi) is 6.84. The van der Waals surface area contributed by atoms with Gasteiger partial charge in [-0.25, -0.2) is 4.79 Å². The molecule has 164 valence electrons. The Bertz CT molecular complexity index is 1060. The lowest BCUT2D eigenvalue weighted by Gasteiger charge is -2.28. The van der Waals surface area contributed by atoms with Gasteiger partial charge in [0.1, 0.15) is 25.7 Å². The number of amides is 1. The number of benzene rings is 2. The zero-order chi connectivity index (χ0) is 21.6. The van der Waals surface area contributed by atoms with Gasteiger partial charge in [0.05, 0.1) is 18.7 Å². The minimum Gasteiger partial charge on any atom is -0.408 e. The van der Waals surface area contributed by atoms with E-state index in [0.717, 1.165) is 43.9 Å². The number of aromatic nitrogens is 1. The van der Waals surface area contributed by atoms with E-state index in [2.05, 4.69) is 36.5 Å². The summed E-state index contributed by atoms with van der Waals surface area (Å²) < 4.78 is 12.3. The Balaban J connectivity index is 1.37. The Morgan fingerprint density at radius 2 is 1.87 bits per heavy atom. The third kappa shape index (κ3) is 5.42. The summed E-state index contributed by atoms with van der Waals surface area (Å²) in [5, 5.41) is 3.22. The van der Waals surface area contributed by atoms with Crippen LogP contribution in [0.15, 0.2) is 57.7 Å². The molecule has 1 aliphatic rings. The van der Waals surface area contributed by atoms with Crippen molar-refractivity contribution in [3.63, 3.8) is 0 Å². The number of quaternary nitrogens is 1. The maximum atomic E-state index is 12.8. The van der Waals surface area contributed by atoms with Gasteiger partial charge in [-0.1, -0.05) is 42.0 Å². The molecule has 0 saturated carbocycles. The van der Waals surface area contributed by atoms with Crippen molar-refractivity contribution in [1.82, 2.24) is 9.88 Å². The first-order chi connectivity index (χ1) is 15.1. The van der Waals surface area contributed by atoms with Crippen molar-refractivity contribution in [2.75, 3.05) is 32.8 Å². The third-order valence-corrected chi connectivity index (χ3v) is 5.87. The zero-order valence-electron chi connectivity index (χ0n) is 17.9. The van der Waals surface area contributed by atoms with E-state index >= 15 is 0 Å². The number of carbonyl (C=O) groups excluding carboxylic acids is 1. The second kappa shape index (κ2) is 9.94. The number of hydrogen-bond donors (Lipinski definition) is 2. The molecule has 1 amide bonds. The molecule has 2 heterocycles. The van der Waals surface area contributed by atoms with E-state index in [1.54, 1.807) is 10.6 Å². The minimum atomic E-state index is -0.380. The summed E-state index contributed by atoms with van der Waals surface area (Å²) in [4.78, 5) is 26.3. The van der Waals surface area contributed by atoms with Crippen LogP contribution in [0.3, 0.4) is 0 Å². The van der Waals surface area contributed by atoms with Crippen molar-refractivity contribution in [2.45, 2.75) is 32.4 Å². The number of nitrogens with zero attached hydrogens (tertiary/aromatic N) is 1. The summed E-state index contributed by atoms with van der Waals surface area (Å²) in [6, 6.07) is 15.7. The molecule has 1 fully saturated rings. The number of ether oxygens (including phenoxy) is 1. The molecule has 7 nitrogen and oxygen atoms in total. The molecule has 3 aromatic rings. The number of nitrogens with one attached hydrogen (secondary N) is 2. The van der Waals surface area contributed by atoms with Gasteiger partial charge in [-0.3, -0.25) is 9.36 Å². The number of hydrogen-bond acceptors (Lipinski definition) is 4. The Morgan fingerprint density at radius 1 is 1.13 bits per heavy atom. The maximum Gasteiger partial charge on any atom is 0.419 e. The molecule has 2 N–H and O–H groups in total. The average molecular weight is 425 g/mol. The number of aryl methyl sites for hydroxylation is 2. The highest BCUT2D eigenvalue weighted by atomic mass is 16.5. The molecular weight excluding hydrogens is 394 g/mol. The molecule has 0 unspecified atom stereocenters. The molecule has 0 aliphatic carbocycles. The van der Waals surface area contributed by atoms with E-state index in [-0.39, 0.29) is 17.7 Å². The van der Waals surface area contributed by atoms with Gasteiger partial charge in [0.15, 0.2) is 5.58 Å². The number of rotatable bonds is 8. The van der Waals surface area contributed by atoms with Crippen LogP contribution in [-0.2, 0) is 16.1 Å². The van der Waals surface area contributed by atoms with Crippen molar-refractivity contribution >= 4 is 17.0 Å². The van der Waals surface area contributed by atoms with Crippen molar-refractivity contribution in [3.05, 3.63) is 70.2 Å². The van der Waals surface area contributed by atoms with Crippen LogP contribution in [0.25, 0.3) is 11.1 Å². The van der Waals surface area contributed by atoms with Gasteiger partial charge in [0.2, 0.25) is 5.91 Å². The second-order valence-corrected chi connectivity index (χ2v) is 8.19. The molecule has 4 rings (SSSR count). The first kappa shape index (κ1) is 21.3. The van der Waals surface area contributed by atoms with Crippen LogP contribution in [0.1, 0.15) is 30.0 Å². The van der Waals surface area contributed by atoms with Gasteiger partial charge in [-0.2, -0.15) is 0 Å². The predicted molar refractivity (Wildman–Crippen MR) is 118 cm³/mol. The summed E-state index contributed by atoms with van der Waals surface area (Å²) >= 11 is 0. The SMILES string of the molecule is Cc1ccc([C@H](C[NH+]2CCOCC2)NC(=O)CCCn2c(=O)oc3ccccc32)cc1. The maximum absolute atomic E-state index is 12.8. The van der Waals surface area contributed by atoms with Crippen LogP contribution in [0.2, 0.25) is 0 Å². The van der Waals surface area contributed by atoms with Crippen molar-refractivity contribution in [3.8, 4) is 0 Å². The van der Waals surface area contributed by atoms with E-state index in [4.69, 9.17) is 9.15 Å². The van der Waals surface area contributed by atoms with Crippen LogP contribution in [-0.4, -0.2) is 43.3 Å². The van der Waals surface area contributed by atoms with Gasteiger partial charge in [0, 0.05) is 13.0 Å². The van der Waals surface area contributed by atoms with Gasteiger partial charge in [-0.15, -0.1) is 0 Å².